The summed E-state index contributed by atoms with van der Waals surface area (Å²) in [4.78, 5) is 27.7. The number of aromatic nitrogens is 1. The van der Waals surface area contributed by atoms with Crippen LogP contribution in [0.5, 0.6) is 5.75 Å². The second-order valence-corrected chi connectivity index (χ2v) is 6.66. The number of amides is 1. The number of fused-ring (bicyclic) bond motifs is 1. The van der Waals surface area contributed by atoms with Crippen molar-refractivity contribution < 1.29 is 14.3 Å². The number of nitrogens with one attached hydrogen (secondary N) is 1. The average Bonchev–Trinajstić information content (AvgIpc) is 3.03. The predicted octanol–water partition coefficient (Wildman–Crippen LogP) is 3.24. The number of nitrogens with zero attached hydrogens (tertiary/aromatic N) is 1. The van der Waals surface area contributed by atoms with Crippen LogP contribution in [0.3, 0.4) is 0 Å². The molecule has 0 radical (unpaired) electrons. The summed E-state index contributed by atoms with van der Waals surface area (Å²) in [5.74, 6) is 0.272. The Morgan fingerprint density at radius 2 is 2.00 bits per heavy atom. The Hall–Kier alpha value is -2.73. The highest BCUT2D eigenvalue weighted by Crippen LogP contribution is 2.21. The Bertz CT molecular complexity index is 871. The van der Waals surface area contributed by atoms with E-state index in [2.05, 4.69) is 10.3 Å². The van der Waals surface area contributed by atoms with E-state index in [9.17, 15) is 9.59 Å². The highest BCUT2D eigenvalue weighted by Gasteiger charge is 2.07. The third-order valence-electron chi connectivity index (χ3n) is 3.61. The number of ether oxygens (including phenoxy) is 1. The van der Waals surface area contributed by atoms with Gasteiger partial charge in [-0.2, -0.15) is 0 Å². The number of carbonyl (C=O) groups excluding carboxylic acids is 2. The van der Waals surface area contributed by atoms with E-state index in [0.29, 0.717) is 24.3 Å². The Labute approximate surface area is 149 Å². The Balaban J connectivity index is 1.45. The molecule has 0 atom stereocenters. The first-order chi connectivity index (χ1) is 12.1. The summed E-state index contributed by atoms with van der Waals surface area (Å²) in [6.07, 6.45) is 0.685. The molecule has 3 rings (SSSR count). The van der Waals surface area contributed by atoms with Gasteiger partial charge in [0.15, 0.2) is 12.4 Å². The van der Waals surface area contributed by atoms with Gasteiger partial charge >= 0.3 is 0 Å². The number of thiazole rings is 1. The lowest BCUT2D eigenvalue weighted by atomic mass is 10.1. The van der Waals surface area contributed by atoms with Gasteiger partial charge in [-0.05, 0) is 31.2 Å². The summed E-state index contributed by atoms with van der Waals surface area (Å²) in [5.41, 5.74) is 1.55. The third-order valence-corrected chi connectivity index (χ3v) is 4.71. The Kier molecular flexibility index (Phi) is 5.40. The molecule has 1 heterocycles. The van der Waals surface area contributed by atoms with E-state index in [-0.39, 0.29) is 18.3 Å². The number of hydrogen-bond acceptors (Lipinski definition) is 5. The van der Waals surface area contributed by atoms with Crippen LogP contribution in [-0.4, -0.2) is 29.8 Å². The number of rotatable bonds is 7. The predicted molar refractivity (Wildman–Crippen MR) is 98.3 cm³/mol. The van der Waals surface area contributed by atoms with E-state index < -0.39 is 0 Å². The van der Waals surface area contributed by atoms with Crippen molar-refractivity contribution in [2.45, 2.75) is 13.3 Å². The molecule has 1 N–H and O–H groups in total. The van der Waals surface area contributed by atoms with E-state index in [1.807, 2.05) is 24.3 Å². The van der Waals surface area contributed by atoms with Crippen LogP contribution < -0.4 is 10.1 Å². The summed E-state index contributed by atoms with van der Waals surface area (Å²) in [6.45, 7) is 1.92. The van der Waals surface area contributed by atoms with Gasteiger partial charge in [0.2, 0.25) is 0 Å². The molecule has 6 heteroatoms. The third kappa shape index (κ3) is 4.64. The van der Waals surface area contributed by atoms with Gasteiger partial charge in [0.1, 0.15) is 5.75 Å². The molecule has 0 spiro atoms. The first-order valence-electron chi connectivity index (χ1n) is 7.97. The molecule has 0 saturated carbocycles. The summed E-state index contributed by atoms with van der Waals surface area (Å²) >= 11 is 1.64. The number of hydrogen-bond donors (Lipinski definition) is 1. The van der Waals surface area contributed by atoms with Crippen LogP contribution in [0, 0.1) is 0 Å². The van der Waals surface area contributed by atoms with Gasteiger partial charge in [-0.15, -0.1) is 11.3 Å². The largest absolute Gasteiger partial charge is 0.484 e. The number of carbonyl (C=O) groups is 2. The van der Waals surface area contributed by atoms with Gasteiger partial charge in [0.05, 0.1) is 15.2 Å². The number of ketones is 1. The molecule has 1 aromatic heterocycles. The van der Waals surface area contributed by atoms with E-state index >= 15 is 0 Å². The molecule has 1 amide bonds. The summed E-state index contributed by atoms with van der Waals surface area (Å²) in [6, 6.07) is 14.8. The molecular formula is C19H18N2O3S. The maximum Gasteiger partial charge on any atom is 0.257 e. The molecule has 0 aliphatic rings. The molecule has 25 heavy (non-hydrogen) atoms. The zero-order valence-electron chi connectivity index (χ0n) is 13.8. The van der Waals surface area contributed by atoms with Crippen molar-refractivity contribution in [2.24, 2.45) is 0 Å². The average molecular weight is 354 g/mol. The SMILES string of the molecule is CC(=O)c1cccc(OCC(=O)NCCc2nc3ccccc3s2)c1. The van der Waals surface area contributed by atoms with Crippen LogP contribution >= 0.6 is 11.3 Å². The lowest BCUT2D eigenvalue weighted by molar-refractivity contribution is -0.123. The molecule has 128 valence electrons. The van der Waals surface area contributed by atoms with Gasteiger partial charge in [0, 0.05) is 18.5 Å². The summed E-state index contributed by atoms with van der Waals surface area (Å²) in [7, 11) is 0. The minimum absolute atomic E-state index is 0.0364. The van der Waals surface area contributed by atoms with Crippen molar-refractivity contribution in [3.8, 4) is 5.75 Å². The number of para-hydroxylation sites is 1. The van der Waals surface area contributed by atoms with Crippen LogP contribution in [0.4, 0.5) is 0 Å². The van der Waals surface area contributed by atoms with Crippen LogP contribution in [0.2, 0.25) is 0 Å². The lowest BCUT2D eigenvalue weighted by Crippen LogP contribution is -2.30. The molecule has 5 nitrogen and oxygen atoms in total. The van der Waals surface area contributed by atoms with Gasteiger partial charge in [0.25, 0.3) is 5.91 Å². The Morgan fingerprint density at radius 3 is 2.80 bits per heavy atom. The number of Topliss-reactive ketones (excluding diaryl/α,β-unsaturated/α-hetero) is 1. The fraction of sp³-hybridized carbons (Fsp3) is 0.211. The standard InChI is InChI=1S/C19H18N2O3S/c1-13(22)14-5-4-6-15(11-14)24-12-18(23)20-10-9-19-21-16-7-2-3-8-17(16)25-19/h2-8,11H,9-10,12H2,1H3,(H,20,23). The van der Waals surface area contributed by atoms with Crippen molar-refractivity contribution in [3.63, 3.8) is 0 Å². The van der Waals surface area contributed by atoms with Gasteiger partial charge in [-0.1, -0.05) is 24.3 Å². The topological polar surface area (TPSA) is 68.3 Å². The van der Waals surface area contributed by atoms with Gasteiger partial charge in [-0.3, -0.25) is 9.59 Å². The quantitative estimate of drug-likeness (QED) is 0.662. The van der Waals surface area contributed by atoms with Crippen LogP contribution in [-0.2, 0) is 11.2 Å². The van der Waals surface area contributed by atoms with Crippen molar-refractivity contribution >= 4 is 33.2 Å². The van der Waals surface area contributed by atoms with Crippen molar-refractivity contribution in [1.82, 2.24) is 10.3 Å². The minimum atomic E-state index is -0.200. The van der Waals surface area contributed by atoms with Crippen LogP contribution in [0.15, 0.2) is 48.5 Å². The molecular weight excluding hydrogens is 336 g/mol. The molecule has 0 fully saturated rings. The zero-order valence-corrected chi connectivity index (χ0v) is 14.6. The second-order valence-electron chi connectivity index (χ2n) is 5.55. The maximum atomic E-state index is 11.9. The van der Waals surface area contributed by atoms with Crippen molar-refractivity contribution in [1.29, 1.82) is 0 Å². The Morgan fingerprint density at radius 1 is 1.16 bits per heavy atom. The fourth-order valence-electron chi connectivity index (χ4n) is 2.34. The van der Waals surface area contributed by atoms with E-state index in [4.69, 9.17) is 4.74 Å². The molecule has 0 unspecified atom stereocenters. The van der Waals surface area contributed by atoms with Crippen molar-refractivity contribution in [3.05, 3.63) is 59.1 Å². The highest BCUT2D eigenvalue weighted by atomic mass is 32.1. The van der Waals surface area contributed by atoms with Gasteiger partial charge < -0.3 is 10.1 Å². The summed E-state index contributed by atoms with van der Waals surface area (Å²) < 4.78 is 6.58. The molecule has 0 aliphatic heterocycles. The first-order valence-corrected chi connectivity index (χ1v) is 8.78. The molecule has 0 aliphatic carbocycles. The van der Waals surface area contributed by atoms with E-state index in [1.165, 1.54) is 6.92 Å². The minimum Gasteiger partial charge on any atom is -0.484 e. The van der Waals surface area contributed by atoms with Crippen LogP contribution in [0.1, 0.15) is 22.3 Å². The summed E-state index contributed by atoms with van der Waals surface area (Å²) in [5, 5.41) is 3.82. The monoisotopic (exact) mass is 354 g/mol. The fourth-order valence-corrected chi connectivity index (χ4v) is 3.31. The van der Waals surface area contributed by atoms with Crippen molar-refractivity contribution in [2.75, 3.05) is 13.2 Å². The van der Waals surface area contributed by atoms with E-state index in [1.54, 1.807) is 35.6 Å². The van der Waals surface area contributed by atoms with Crippen LogP contribution in [0.25, 0.3) is 10.2 Å². The maximum absolute atomic E-state index is 11.9. The second kappa shape index (κ2) is 7.90. The molecule has 0 saturated heterocycles. The highest BCUT2D eigenvalue weighted by molar-refractivity contribution is 7.18. The molecule has 0 bridgehead atoms. The smallest absolute Gasteiger partial charge is 0.257 e. The molecule has 2 aromatic carbocycles. The lowest BCUT2D eigenvalue weighted by Gasteiger charge is -2.07. The normalized spacial score (nSPS) is 10.6. The van der Waals surface area contributed by atoms with E-state index in [0.717, 1.165) is 15.2 Å². The first kappa shape index (κ1) is 17.1. The molecule has 3 aromatic rings. The van der Waals surface area contributed by atoms with Gasteiger partial charge in [-0.25, -0.2) is 4.98 Å². The zero-order chi connectivity index (χ0) is 17.6. The number of benzene rings is 2.